The highest BCUT2D eigenvalue weighted by Crippen LogP contribution is 2.23. The number of carbonyl (C=O) groups is 1. The first-order valence-corrected chi connectivity index (χ1v) is 12.4. The maximum Gasteiger partial charge on any atom is 0.271 e. The SMILES string of the molecule is CCc1ccc(-n2nc(N3CCC(C(=O)NC4CCCCCCC4)CC3)ccc2=O)cc1. The molecule has 0 atom stereocenters. The highest BCUT2D eigenvalue weighted by atomic mass is 16.2. The molecule has 1 aromatic heterocycles. The number of amides is 1. The first-order chi connectivity index (χ1) is 15.6. The fraction of sp³-hybridized carbons (Fsp3) is 0.577. The van der Waals surface area contributed by atoms with E-state index >= 15 is 0 Å². The first kappa shape index (κ1) is 22.6. The van der Waals surface area contributed by atoms with Crippen LogP contribution in [0.4, 0.5) is 5.82 Å². The van der Waals surface area contributed by atoms with Crippen molar-refractivity contribution in [3.05, 3.63) is 52.3 Å². The maximum atomic E-state index is 12.9. The number of benzene rings is 1. The van der Waals surface area contributed by atoms with Crippen molar-refractivity contribution in [2.75, 3.05) is 18.0 Å². The number of hydrogen-bond donors (Lipinski definition) is 1. The number of anilines is 1. The van der Waals surface area contributed by atoms with Crippen LogP contribution in [0.5, 0.6) is 0 Å². The highest BCUT2D eigenvalue weighted by molar-refractivity contribution is 5.79. The average Bonchev–Trinajstić information content (AvgIpc) is 2.81. The van der Waals surface area contributed by atoms with Gasteiger partial charge in [-0.2, -0.15) is 4.68 Å². The second-order valence-electron chi connectivity index (χ2n) is 9.27. The third-order valence-electron chi connectivity index (χ3n) is 7.02. The fourth-order valence-electron chi connectivity index (χ4n) is 4.92. The summed E-state index contributed by atoms with van der Waals surface area (Å²) in [6.07, 6.45) is 11.2. The molecule has 1 aliphatic carbocycles. The van der Waals surface area contributed by atoms with Gasteiger partial charge in [-0.15, -0.1) is 5.10 Å². The van der Waals surface area contributed by atoms with Gasteiger partial charge in [-0.1, -0.05) is 51.2 Å². The van der Waals surface area contributed by atoms with Crippen molar-refractivity contribution in [3.63, 3.8) is 0 Å². The third kappa shape index (κ3) is 5.59. The standard InChI is InChI=1S/C26H36N4O2/c1-2-20-10-12-23(13-11-20)30-25(31)15-14-24(28-30)29-18-16-21(17-19-29)26(32)27-22-8-6-4-3-5-7-9-22/h10-15,21-22H,2-9,16-19H2,1H3,(H,27,32). The van der Waals surface area contributed by atoms with Crippen molar-refractivity contribution in [1.82, 2.24) is 15.1 Å². The van der Waals surface area contributed by atoms with E-state index in [-0.39, 0.29) is 17.4 Å². The number of aromatic nitrogens is 2. The van der Waals surface area contributed by atoms with Crippen LogP contribution >= 0.6 is 0 Å². The highest BCUT2D eigenvalue weighted by Gasteiger charge is 2.27. The summed E-state index contributed by atoms with van der Waals surface area (Å²) in [7, 11) is 0. The zero-order valence-corrected chi connectivity index (χ0v) is 19.3. The van der Waals surface area contributed by atoms with E-state index in [9.17, 15) is 9.59 Å². The number of hydrogen-bond acceptors (Lipinski definition) is 4. The van der Waals surface area contributed by atoms with Gasteiger partial charge >= 0.3 is 0 Å². The molecule has 0 bridgehead atoms. The van der Waals surface area contributed by atoms with E-state index in [2.05, 4.69) is 22.2 Å². The molecule has 1 aliphatic heterocycles. The Balaban J connectivity index is 1.36. The van der Waals surface area contributed by atoms with Crippen LogP contribution in [0.15, 0.2) is 41.2 Å². The minimum atomic E-state index is -0.133. The van der Waals surface area contributed by atoms with Crippen molar-refractivity contribution in [1.29, 1.82) is 0 Å². The Morgan fingerprint density at radius 2 is 1.59 bits per heavy atom. The largest absolute Gasteiger partial charge is 0.355 e. The summed E-state index contributed by atoms with van der Waals surface area (Å²) in [5, 5.41) is 7.97. The summed E-state index contributed by atoms with van der Waals surface area (Å²) < 4.78 is 1.47. The lowest BCUT2D eigenvalue weighted by Crippen LogP contribution is -2.44. The number of carbonyl (C=O) groups excluding carboxylic acids is 1. The summed E-state index contributed by atoms with van der Waals surface area (Å²) >= 11 is 0. The molecule has 6 nitrogen and oxygen atoms in total. The molecule has 4 rings (SSSR count). The first-order valence-electron chi connectivity index (χ1n) is 12.4. The minimum absolute atomic E-state index is 0.0733. The van der Waals surface area contributed by atoms with Crippen molar-refractivity contribution in [2.24, 2.45) is 5.92 Å². The van der Waals surface area contributed by atoms with Crippen molar-refractivity contribution in [2.45, 2.75) is 77.2 Å². The van der Waals surface area contributed by atoms with E-state index in [0.29, 0.717) is 6.04 Å². The number of nitrogens with one attached hydrogen (secondary N) is 1. The van der Waals surface area contributed by atoms with Gasteiger partial charge in [-0.3, -0.25) is 9.59 Å². The van der Waals surface area contributed by atoms with Gasteiger partial charge in [0.25, 0.3) is 5.56 Å². The summed E-state index contributed by atoms with van der Waals surface area (Å²) in [5.74, 6) is 1.09. The van der Waals surface area contributed by atoms with Crippen LogP contribution in [-0.2, 0) is 11.2 Å². The van der Waals surface area contributed by atoms with Crippen LogP contribution in [0.2, 0.25) is 0 Å². The predicted molar refractivity (Wildman–Crippen MR) is 128 cm³/mol. The van der Waals surface area contributed by atoms with Gasteiger partial charge in [0.05, 0.1) is 5.69 Å². The van der Waals surface area contributed by atoms with Crippen LogP contribution in [0.1, 0.15) is 70.3 Å². The fourth-order valence-corrected chi connectivity index (χ4v) is 4.92. The molecule has 1 saturated heterocycles. The van der Waals surface area contributed by atoms with Crippen molar-refractivity contribution < 1.29 is 4.79 Å². The van der Waals surface area contributed by atoms with Crippen LogP contribution in [0, 0.1) is 5.92 Å². The van der Waals surface area contributed by atoms with Gasteiger partial charge in [0.15, 0.2) is 0 Å². The van der Waals surface area contributed by atoms with E-state index in [1.807, 2.05) is 24.3 Å². The maximum absolute atomic E-state index is 12.9. The van der Waals surface area contributed by atoms with Crippen LogP contribution in [0.25, 0.3) is 5.69 Å². The Morgan fingerprint density at radius 1 is 0.938 bits per heavy atom. The topological polar surface area (TPSA) is 67.2 Å². The zero-order chi connectivity index (χ0) is 22.3. The molecule has 172 valence electrons. The number of nitrogens with zero attached hydrogens (tertiary/aromatic N) is 3. The molecule has 6 heteroatoms. The van der Waals surface area contributed by atoms with Crippen LogP contribution in [0.3, 0.4) is 0 Å². The van der Waals surface area contributed by atoms with Gasteiger partial charge in [0.2, 0.25) is 5.91 Å². The molecule has 2 heterocycles. The van der Waals surface area contributed by atoms with Crippen LogP contribution < -0.4 is 15.8 Å². The Morgan fingerprint density at radius 3 is 2.25 bits per heavy atom. The molecular weight excluding hydrogens is 400 g/mol. The van der Waals surface area contributed by atoms with E-state index in [1.165, 1.54) is 42.3 Å². The second kappa shape index (κ2) is 10.8. The molecule has 0 spiro atoms. The Labute approximate surface area is 191 Å². The molecule has 0 radical (unpaired) electrons. The monoisotopic (exact) mass is 436 g/mol. The lowest BCUT2D eigenvalue weighted by Gasteiger charge is -2.33. The smallest absolute Gasteiger partial charge is 0.271 e. The quantitative estimate of drug-likeness (QED) is 0.761. The normalized spacial score (nSPS) is 18.7. The Kier molecular flexibility index (Phi) is 7.61. The van der Waals surface area contributed by atoms with Crippen molar-refractivity contribution in [3.8, 4) is 5.69 Å². The van der Waals surface area contributed by atoms with E-state index < -0.39 is 0 Å². The van der Waals surface area contributed by atoms with Gasteiger partial charge in [-0.05, 0) is 55.9 Å². The zero-order valence-electron chi connectivity index (χ0n) is 19.3. The molecule has 32 heavy (non-hydrogen) atoms. The second-order valence-corrected chi connectivity index (χ2v) is 9.27. The number of aryl methyl sites for hydroxylation is 1. The van der Waals surface area contributed by atoms with Gasteiger partial charge in [0.1, 0.15) is 5.82 Å². The summed E-state index contributed by atoms with van der Waals surface area (Å²) in [6, 6.07) is 11.7. The molecular formula is C26H36N4O2. The molecule has 1 aromatic carbocycles. The Hall–Kier alpha value is -2.63. The molecule has 1 amide bonds. The molecule has 2 aliphatic rings. The van der Waals surface area contributed by atoms with Gasteiger partial charge < -0.3 is 10.2 Å². The average molecular weight is 437 g/mol. The Bertz CT molecular complexity index is 937. The molecule has 1 N–H and O–H groups in total. The van der Waals surface area contributed by atoms with Gasteiger partial charge in [0, 0.05) is 31.1 Å². The molecule has 2 aromatic rings. The molecule has 2 fully saturated rings. The van der Waals surface area contributed by atoms with E-state index in [1.54, 1.807) is 12.1 Å². The van der Waals surface area contributed by atoms with Gasteiger partial charge in [-0.25, -0.2) is 0 Å². The van der Waals surface area contributed by atoms with Crippen molar-refractivity contribution >= 4 is 11.7 Å². The number of piperidine rings is 1. The predicted octanol–water partition coefficient (Wildman–Crippen LogP) is 4.24. The molecule has 0 unspecified atom stereocenters. The van der Waals surface area contributed by atoms with E-state index in [0.717, 1.165) is 56.7 Å². The van der Waals surface area contributed by atoms with Crippen LogP contribution in [-0.4, -0.2) is 34.8 Å². The number of rotatable bonds is 5. The third-order valence-corrected chi connectivity index (χ3v) is 7.02. The summed E-state index contributed by atoms with van der Waals surface area (Å²) in [6.45, 7) is 3.67. The molecule has 1 saturated carbocycles. The minimum Gasteiger partial charge on any atom is -0.355 e. The van der Waals surface area contributed by atoms with E-state index in [4.69, 9.17) is 0 Å². The lowest BCUT2D eigenvalue weighted by molar-refractivity contribution is -0.126. The lowest BCUT2D eigenvalue weighted by atomic mass is 9.93. The summed E-state index contributed by atoms with van der Waals surface area (Å²) in [5.41, 5.74) is 1.88. The summed E-state index contributed by atoms with van der Waals surface area (Å²) in [4.78, 5) is 27.5.